The zero-order chi connectivity index (χ0) is 8.55. The fourth-order valence-corrected chi connectivity index (χ4v) is 1.68. The number of fused-ring (bicyclic) bond motifs is 1. The number of rotatable bonds is 0. The van der Waals surface area contributed by atoms with Crippen molar-refractivity contribution in [3.8, 4) is 5.75 Å². The highest BCUT2D eigenvalue weighted by Crippen LogP contribution is 2.28. The van der Waals surface area contributed by atoms with Crippen LogP contribution in [0, 0.1) is 0 Å². The molecule has 0 radical (unpaired) electrons. The maximum atomic E-state index is 9.32. The molecule has 1 heterocycles. The Morgan fingerprint density at radius 2 is 2.17 bits per heavy atom. The minimum Gasteiger partial charge on any atom is -0.506 e. The van der Waals surface area contributed by atoms with Crippen LogP contribution >= 0.6 is 11.6 Å². The van der Waals surface area contributed by atoms with E-state index < -0.39 is 0 Å². The number of hydrogen-bond acceptors (Lipinski definition) is 2. The molecule has 0 aromatic heterocycles. The van der Waals surface area contributed by atoms with Crippen LogP contribution in [0.1, 0.15) is 11.1 Å². The zero-order valence-corrected chi connectivity index (χ0v) is 7.36. The van der Waals surface area contributed by atoms with Crippen molar-refractivity contribution in [3.05, 3.63) is 28.3 Å². The van der Waals surface area contributed by atoms with E-state index in [1.807, 2.05) is 6.07 Å². The molecule has 1 aliphatic rings. The van der Waals surface area contributed by atoms with Gasteiger partial charge < -0.3 is 10.4 Å². The first-order chi connectivity index (χ1) is 5.77. The van der Waals surface area contributed by atoms with Crippen molar-refractivity contribution >= 4 is 11.6 Å². The lowest BCUT2D eigenvalue weighted by Gasteiger charge is -2.17. The van der Waals surface area contributed by atoms with Crippen LogP contribution in [0.5, 0.6) is 5.75 Å². The van der Waals surface area contributed by atoms with Gasteiger partial charge in [0.2, 0.25) is 0 Å². The summed E-state index contributed by atoms with van der Waals surface area (Å²) in [5, 5.41) is 13.0. The summed E-state index contributed by atoms with van der Waals surface area (Å²) in [5.74, 6) is 0.192. The van der Waals surface area contributed by atoms with Crippen LogP contribution in [0.4, 0.5) is 0 Å². The fourth-order valence-electron chi connectivity index (χ4n) is 1.49. The molecule has 1 aliphatic heterocycles. The van der Waals surface area contributed by atoms with Gasteiger partial charge >= 0.3 is 0 Å². The van der Waals surface area contributed by atoms with E-state index in [2.05, 4.69) is 5.32 Å². The molecule has 0 bridgehead atoms. The van der Waals surface area contributed by atoms with E-state index in [4.69, 9.17) is 11.6 Å². The Kier molecular flexibility index (Phi) is 1.95. The number of aromatic hydroxyl groups is 1. The molecule has 0 amide bonds. The molecule has 0 saturated carbocycles. The van der Waals surface area contributed by atoms with Gasteiger partial charge in [0.1, 0.15) is 5.75 Å². The van der Waals surface area contributed by atoms with Crippen molar-refractivity contribution in [2.24, 2.45) is 0 Å². The molecule has 1 aromatic carbocycles. The SMILES string of the molecule is Oc1cc2c(cc1Cl)CNCC2. The Hall–Kier alpha value is -0.730. The topological polar surface area (TPSA) is 32.3 Å². The Morgan fingerprint density at radius 1 is 1.33 bits per heavy atom. The van der Waals surface area contributed by atoms with Gasteiger partial charge in [-0.15, -0.1) is 0 Å². The van der Waals surface area contributed by atoms with Gasteiger partial charge in [-0.3, -0.25) is 0 Å². The summed E-state index contributed by atoms with van der Waals surface area (Å²) in [6, 6.07) is 3.59. The molecule has 12 heavy (non-hydrogen) atoms. The Labute approximate surface area is 76.2 Å². The third-order valence-electron chi connectivity index (χ3n) is 2.16. The summed E-state index contributed by atoms with van der Waals surface area (Å²) in [6.07, 6.45) is 0.972. The number of phenolic OH excluding ortho intramolecular Hbond substituents is 1. The minimum absolute atomic E-state index is 0.192. The first kappa shape index (κ1) is 7.90. The number of benzene rings is 1. The molecule has 0 aliphatic carbocycles. The summed E-state index contributed by atoms with van der Waals surface area (Å²) in [6.45, 7) is 1.84. The number of hydrogen-bond donors (Lipinski definition) is 2. The van der Waals surface area contributed by atoms with Gasteiger partial charge in [0.25, 0.3) is 0 Å². The Morgan fingerprint density at radius 3 is 3.00 bits per heavy atom. The summed E-state index contributed by atoms with van der Waals surface area (Å²) in [7, 11) is 0. The summed E-state index contributed by atoms with van der Waals surface area (Å²) in [4.78, 5) is 0. The maximum Gasteiger partial charge on any atom is 0.134 e. The number of phenols is 1. The predicted molar refractivity (Wildman–Crippen MR) is 48.5 cm³/mol. The normalized spacial score (nSPS) is 15.8. The minimum atomic E-state index is 0.192. The van der Waals surface area contributed by atoms with E-state index in [-0.39, 0.29) is 5.75 Å². The average Bonchev–Trinajstić information content (AvgIpc) is 2.07. The molecule has 0 unspecified atom stereocenters. The molecular weight excluding hydrogens is 174 g/mol. The molecule has 1 aromatic rings. The average molecular weight is 184 g/mol. The summed E-state index contributed by atoms with van der Waals surface area (Å²) < 4.78 is 0. The predicted octanol–water partition coefficient (Wildman–Crippen LogP) is 1.69. The Balaban J connectivity index is 2.49. The highest BCUT2D eigenvalue weighted by atomic mass is 35.5. The molecular formula is C9H10ClNO. The van der Waals surface area contributed by atoms with Gasteiger partial charge in [-0.25, -0.2) is 0 Å². The molecule has 0 saturated heterocycles. The van der Waals surface area contributed by atoms with E-state index >= 15 is 0 Å². The van der Waals surface area contributed by atoms with E-state index in [0.717, 1.165) is 19.5 Å². The van der Waals surface area contributed by atoms with Crippen LogP contribution < -0.4 is 5.32 Å². The standard InChI is InChI=1S/C9H10ClNO/c10-8-3-7-5-11-2-1-6(7)4-9(8)12/h3-4,11-12H,1-2,5H2. The van der Waals surface area contributed by atoms with Crippen molar-refractivity contribution in [2.45, 2.75) is 13.0 Å². The quantitative estimate of drug-likeness (QED) is 0.642. The van der Waals surface area contributed by atoms with E-state index in [9.17, 15) is 5.11 Å². The second-order valence-corrected chi connectivity index (χ2v) is 3.41. The van der Waals surface area contributed by atoms with Crippen LogP contribution in [-0.2, 0) is 13.0 Å². The smallest absolute Gasteiger partial charge is 0.134 e. The van der Waals surface area contributed by atoms with Gasteiger partial charge in [0.15, 0.2) is 0 Å². The number of nitrogens with one attached hydrogen (secondary N) is 1. The maximum absolute atomic E-state index is 9.32. The van der Waals surface area contributed by atoms with Gasteiger partial charge in [0.05, 0.1) is 5.02 Å². The lowest BCUT2D eigenvalue weighted by atomic mass is 10.0. The van der Waals surface area contributed by atoms with Gasteiger partial charge in [-0.2, -0.15) is 0 Å². The highest BCUT2D eigenvalue weighted by molar-refractivity contribution is 6.32. The molecule has 2 nitrogen and oxygen atoms in total. The van der Waals surface area contributed by atoms with Crippen molar-refractivity contribution in [2.75, 3.05) is 6.54 Å². The van der Waals surface area contributed by atoms with E-state index in [1.165, 1.54) is 11.1 Å². The van der Waals surface area contributed by atoms with Crippen molar-refractivity contribution < 1.29 is 5.11 Å². The van der Waals surface area contributed by atoms with E-state index in [1.54, 1.807) is 6.07 Å². The molecule has 0 fully saturated rings. The molecule has 2 N–H and O–H groups in total. The van der Waals surface area contributed by atoms with Crippen molar-refractivity contribution in [1.29, 1.82) is 0 Å². The first-order valence-electron chi connectivity index (χ1n) is 3.98. The van der Waals surface area contributed by atoms with Crippen molar-refractivity contribution in [1.82, 2.24) is 5.32 Å². The largest absolute Gasteiger partial charge is 0.506 e. The second-order valence-electron chi connectivity index (χ2n) is 3.00. The van der Waals surface area contributed by atoms with Gasteiger partial charge in [-0.1, -0.05) is 11.6 Å². The van der Waals surface area contributed by atoms with Crippen molar-refractivity contribution in [3.63, 3.8) is 0 Å². The number of halogens is 1. The van der Waals surface area contributed by atoms with Gasteiger partial charge in [0, 0.05) is 6.54 Å². The van der Waals surface area contributed by atoms with Crippen LogP contribution in [0.3, 0.4) is 0 Å². The van der Waals surface area contributed by atoms with Crippen LogP contribution in [0.15, 0.2) is 12.1 Å². The summed E-state index contributed by atoms with van der Waals surface area (Å²) in [5.41, 5.74) is 2.40. The zero-order valence-electron chi connectivity index (χ0n) is 6.60. The van der Waals surface area contributed by atoms with Crippen LogP contribution in [0.2, 0.25) is 5.02 Å². The lowest BCUT2D eigenvalue weighted by molar-refractivity contribution is 0.473. The molecule has 2 rings (SSSR count). The highest BCUT2D eigenvalue weighted by Gasteiger charge is 2.10. The monoisotopic (exact) mass is 183 g/mol. The lowest BCUT2D eigenvalue weighted by Crippen LogP contribution is -2.23. The third kappa shape index (κ3) is 1.28. The first-order valence-corrected chi connectivity index (χ1v) is 4.36. The van der Waals surface area contributed by atoms with Gasteiger partial charge in [-0.05, 0) is 36.2 Å². The van der Waals surface area contributed by atoms with Crippen LogP contribution in [-0.4, -0.2) is 11.7 Å². The third-order valence-corrected chi connectivity index (χ3v) is 2.46. The molecule has 64 valence electrons. The molecule has 0 atom stereocenters. The Bertz CT molecular complexity index is 281. The fraction of sp³-hybridized carbons (Fsp3) is 0.333. The van der Waals surface area contributed by atoms with E-state index in [0.29, 0.717) is 5.02 Å². The molecule has 3 heteroatoms. The summed E-state index contributed by atoms with van der Waals surface area (Å²) >= 11 is 5.77. The second kappa shape index (κ2) is 2.96. The molecule has 0 spiro atoms. The van der Waals surface area contributed by atoms with Crippen LogP contribution in [0.25, 0.3) is 0 Å².